The second-order valence-electron chi connectivity index (χ2n) is 2.57. The van der Waals surface area contributed by atoms with Crippen LogP contribution in [0.15, 0.2) is 22.9 Å². The zero-order valence-electron chi connectivity index (χ0n) is 6.91. The zero-order chi connectivity index (χ0) is 9.14. The molecule has 1 aromatic heterocycles. The topological polar surface area (TPSA) is 33.2 Å². The molecular formula is C8H9BrN2O. The number of carbonyl (C=O) groups excluding carboxylic acids is 1. The first-order valence-corrected chi connectivity index (χ1v) is 4.24. The number of pyridine rings is 1. The van der Waals surface area contributed by atoms with Crippen molar-refractivity contribution in [1.29, 1.82) is 0 Å². The molecule has 0 saturated carbocycles. The molecule has 0 aliphatic carbocycles. The van der Waals surface area contributed by atoms with Gasteiger partial charge in [-0.05, 0) is 28.1 Å². The van der Waals surface area contributed by atoms with E-state index in [0.717, 1.165) is 0 Å². The number of halogens is 1. The molecule has 12 heavy (non-hydrogen) atoms. The minimum absolute atomic E-state index is 0.0156. The molecule has 0 N–H and O–H groups in total. The monoisotopic (exact) mass is 228 g/mol. The second-order valence-corrected chi connectivity index (χ2v) is 3.38. The Morgan fingerprint density at radius 3 is 2.75 bits per heavy atom. The van der Waals surface area contributed by atoms with Crippen LogP contribution in [-0.4, -0.2) is 29.9 Å². The lowest BCUT2D eigenvalue weighted by molar-refractivity contribution is 0.0827. The summed E-state index contributed by atoms with van der Waals surface area (Å²) in [4.78, 5) is 16.8. The van der Waals surface area contributed by atoms with Gasteiger partial charge in [0.25, 0.3) is 5.91 Å². The van der Waals surface area contributed by atoms with Gasteiger partial charge in [0, 0.05) is 25.9 Å². The molecule has 1 aromatic rings. The van der Waals surface area contributed by atoms with E-state index in [9.17, 15) is 4.79 Å². The first-order chi connectivity index (χ1) is 5.61. The summed E-state index contributed by atoms with van der Waals surface area (Å²) < 4.78 is 0.676. The minimum atomic E-state index is -0.0156. The van der Waals surface area contributed by atoms with Crippen LogP contribution in [0.3, 0.4) is 0 Å². The van der Waals surface area contributed by atoms with Gasteiger partial charge < -0.3 is 4.90 Å². The van der Waals surface area contributed by atoms with Crippen LogP contribution >= 0.6 is 15.9 Å². The molecule has 0 radical (unpaired) electrons. The molecule has 0 fully saturated rings. The Kier molecular flexibility index (Phi) is 2.81. The molecule has 0 aliphatic heterocycles. The number of rotatable bonds is 1. The summed E-state index contributed by atoms with van der Waals surface area (Å²) in [7, 11) is 3.44. The van der Waals surface area contributed by atoms with Gasteiger partial charge in [0.2, 0.25) is 0 Å². The highest BCUT2D eigenvalue weighted by atomic mass is 79.9. The standard InChI is InChI=1S/C8H9BrN2O/c1-11(2)8(12)6-3-4-10-7(9)5-6/h3-5H,1-2H3. The Morgan fingerprint density at radius 1 is 1.58 bits per heavy atom. The number of nitrogens with zero attached hydrogens (tertiary/aromatic N) is 2. The molecule has 0 aromatic carbocycles. The molecular weight excluding hydrogens is 220 g/mol. The molecule has 1 amide bonds. The van der Waals surface area contributed by atoms with Crippen LogP contribution in [0.2, 0.25) is 0 Å². The highest BCUT2D eigenvalue weighted by Gasteiger charge is 2.07. The van der Waals surface area contributed by atoms with Crippen LogP contribution in [0.25, 0.3) is 0 Å². The van der Waals surface area contributed by atoms with Gasteiger partial charge in [0.1, 0.15) is 4.60 Å². The summed E-state index contributed by atoms with van der Waals surface area (Å²) in [5.74, 6) is -0.0156. The van der Waals surface area contributed by atoms with Crippen molar-refractivity contribution in [1.82, 2.24) is 9.88 Å². The molecule has 0 spiro atoms. The molecule has 3 nitrogen and oxygen atoms in total. The van der Waals surface area contributed by atoms with E-state index in [-0.39, 0.29) is 5.91 Å². The van der Waals surface area contributed by atoms with Crippen LogP contribution in [0.5, 0.6) is 0 Å². The van der Waals surface area contributed by atoms with E-state index < -0.39 is 0 Å². The fourth-order valence-electron chi connectivity index (χ4n) is 0.794. The number of amides is 1. The van der Waals surface area contributed by atoms with Gasteiger partial charge in [0.05, 0.1) is 0 Å². The van der Waals surface area contributed by atoms with Crippen molar-refractivity contribution >= 4 is 21.8 Å². The van der Waals surface area contributed by atoms with Crippen molar-refractivity contribution in [3.05, 3.63) is 28.5 Å². The van der Waals surface area contributed by atoms with Crippen LogP contribution in [0.4, 0.5) is 0 Å². The first kappa shape index (κ1) is 9.19. The molecule has 1 rings (SSSR count). The predicted octanol–water partition coefficient (Wildman–Crippen LogP) is 1.55. The number of carbonyl (C=O) groups is 1. The van der Waals surface area contributed by atoms with Gasteiger partial charge in [-0.25, -0.2) is 4.98 Å². The summed E-state index contributed by atoms with van der Waals surface area (Å²) >= 11 is 3.20. The molecule has 4 heteroatoms. The maximum atomic E-state index is 11.4. The van der Waals surface area contributed by atoms with Crippen molar-refractivity contribution in [2.24, 2.45) is 0 Å². The zero-order valence-corrected chi connectivity index (χ0v) is 8.50. The Hall–Kier alpha value is -0.900. The molecule has 0 bridgehead atoms. The van der Waals surface area contributed by atoms with Gasteiger partial charge in [-0.1, -0.05) is 0 Å². The Bertz CT molecular complexity index is 299. The summed E-state index contributed by atoms with van der Waals surface area (Å²) in [6, 6.07) is 3.38. The molecule has 0 saturated heterocycles. The average molecular weight is 229 g/mol. The van der Waals surface area contributed by atoms with E-state index in [4.69, 9.17) is 0 Å². The van der Waals surface area contributed by atoms with Crippen molar-refractivity contribution in [2.75, 3.05) is 14.1 Å². The van der Waals surface area contributed by atoms with Crippen molar-refractivity contribution < 1.29 is 4.79 Å². The van der Waals surface area contributed by atoms with Crippen molar-refractivity contribution in [3.63, 3.8) is 0 Å². The van der Waals surface area contributed by atoms with E-state index in [1.54, 1.807) is 32.4 Å². The Balaban J connectivity index is 2.96. The molecule has 0 unspecified atom stereocenters. The third-order valence-electron chi connectivity index (χ3n) is 1.38. The first-order valence-electron chi connectivity index (χ1n) is 3.44. The number of hydrogen-bond acceptors (Lipinski definition) is 2. The second kappa shape index (κ2) is 3.67. The van der Waals surface area contributed by atoms with Crippen LogP contribution < -0.4 is 0 Å². The van der Waals surface area contributed by atoms with Crippen LogP contribution in [-0.2, 0) is 0 Å². The normalized spacial score (nSPS) is 9.58. The predicted molar refractivity (Wildman–Crippen MR) is 50.0 cm³/mol. The van der Waals surface area contributed by atoms with E-state index >= 15 is 0 Å². The third-order valence-corrected chi connectivity index (χ3v) is 1.81. The smallest absolute Gasteiger partial charge is 0.253 e. The summed E-state index contributed by atoms with van der Waals surface area (Å²) in [6.07, 6.45) is 1.60. The summed E-state index contributed by atoms with van der Waals surface area (Å²) in [6.45, 7) is 0. The quantitative estimate of drug-likeness (QED) is 0.684. The molecule has 0 aliphatic rings. The van der Waals surface area contributed by atoms with E-state index in [1.165, 1.54) is 4.90 Å². The Morgan fingerprint density at radius 2 is 2.25 bits per heavy atom. The minimum Gasteiger partial charge on any atom is -0.345 e. The van der Waals surface area contributed by atoms with Crippen molar-refractivity contribution in [3.8, 4) is 0 Å². The maximum absolute atomic E-state index is 11.4. The SMILES string of the molecule is CN(C)C(=O)c1ccnc(Br)c1. The van der Waals surface area contributed by atoms with Gasteiger partial charge in [0.15, 0.2) is 0 Å². The lowest BCUT2D eigenvalue weighted by Gasteiger charge is -2.09. The van der Waals surface area contributed by atoms with Crippen molar-refractivity contribution in [2.45, 2.75) is 0 Å². The fraction of sp³-hybridized carbons (Fsp3) is 0.250. The highest BCUT2D eigenvalue weighted by Crippen LogP contribution is 2.08. The van der Waals surface area contributed by atoms with Gasteiger partial charge in [-0.2, -0.15) is 0 Å². The van der Waals surface area contributed by atoms with Crippen LogP contribution in [0.1, 0.15) is 10.4 Å². The average Bonchev–Trinajstić information content (AvgIpc) is 2.03. The largest absolute Gasteiger partial charge is 0.345 e. The highest BCUT2D eigenvalue weighted by molar-refractivity contribution is 9.10. The Labute approximate surface area is 79.5 Å². The van der Waals surface area contributed by atoms with Gasteiger partial charge >= 0.3 is 0 Å². The lowest BCUT2D eigenvalue weighted by Crippen LogP contribution is -2.21. The third kappa shape index (κ3) is 2.04. The van der Waals surface area contributed by atoms with E-state index in [0.29, 0.717) is 10.2 Å². The number of hydrogen-bond donors (Lipinski definition) is 0. The maximum Gasteiger partial charge on any atom is 0.253 e. The number of aromatic nitrogens is 1. The van der Waals surface area contributed by atoms with Crippen LogP contribution in [0, 0.1) is 0 Å². The van der Waals surface area contributed by atoms with Gasteiger partial charge in [-0.3, -0.25) is 4.79 Å². The molecule has 64 valence electrons. The van der Waals surface area contributed by atoms with Gasteiger partial charge in [-0.15, -0.1) is 0 Å². The fourth-order valence-corrected chi connectivity index (χ4v) is 1.16. The van der Waals surface area contributed by atoms with E-state index in [2.05, 4.69) is 20.9 Å². The lowest BCUT2D eigenvalue weighted by atomic mass is 10.2. The molecule has 1 heterocycles. The molecule has 0 atom stereocenters. The van der Waals surface area contributed by atoms with E-state index in [1.807, 2.05) is 0 Å². The summed E-state index contributed by atoms with van der Waals surface area (Å²) in [5, 5.41) is 0. The summed E-state index contributed by atoms with van der Waals surface area (Å²) in [5.41, 5.74) is 0.641.